The third kappa shape index (κ3) is 2.45. The third-order valence-corrected chi connectivity index (χ3v) is 4.14. The first-order valence-electron chi connectivity index (χ1n) is 6.49. The molecule has 0 aliphatic carbocycles. The number of benzene rings is 2. The van der Waals surface area contributed by atoms with Crippen LogP contribution in [0.25, 0.3) is 11.0 Å². The quantitative estimate of drug-likeness (QED) is 0.699. The van der Waals surface area contributed by atoms with Crippen LogP contribution in [0.4, 0.5) is 0 Å². The molecule has 0 bridgehead atoms. The molecule has 0 atom stereocenters. The molecule has 3 aromatic rings. The number of carbonyl (C=O) groups is 1. The number of nitrogens with one attached hydrogen (secondary N) is 2. The molecule has 0 amide bonds. The SMILES string of the molecule is Cc1ccc(C)c(C(=O)c2cc3[nH]c(=O)[nH]c3cc2Br)c1. The van der Waals surface area contributed by atoms with Gasteiger partial charge in [-0.15, -0.1) is 0 Å². The van der Waals surface area contributed by atoms with E-state index in [1.807, 2.05) is 32.0 Å². The largest absolute Gasteiger partial charge is 0.323 e. The van der Waals surface area contributed by atoms with Crippen molar-refractivity contribution < 1.29 is 4.79 Å². The van der Waals surface area contributed by atoms with E-state index in [0.29, 0.717) is 26.6 Å². The molecule has 0 fully saturated rings. The van der Waals surface area contributed by atoms with Crippen molar-refractivity contribution in [3.8, 4) is 0 Å². The number of hydrogen-bond donors (Lipinski definition) is 2. The van der Waals surface area contributed by atoms with Gasteiger partial charge in [-0.3, -0.25) is 4.79 Å². The maximum Gasteiger partial charge on any atom is 0.323 e. The molecule has 3 rings (SSSR count). The van der Waals surface area contributed by atoms with E-state index in [9.17, 15) is 9.59 Å². The fraction of sp³-hybridized carbons (Fsp3) is 0.125. The van der Waals surface area contributed by atoms with Gasteiger partial charge in [0.25, 0.3) is 0 Å². The molecule has 0 saturated carbocycles. The van der Waals surface area contributed by atoms with E-state index in [-0.39, 0.29) is 11.5 Å². The topological polar surface area (TPSA) is 65.7 Å². The van der Waals surface area contributed by atoms with Crippen molar-refractivity contribution >= 4 is 32.7 Å². The summed E-state index contributed by atoms with van der Waals surface area (Å²) in [7, 11) is 0. The van der Waals surface area contributed by atoms with Crippen LogP contribution in [-0.2, 0) is 0 Å². The van der Waals surface area contributed by atoms with Crippen molar-refractivity contribution in [3.63, 3.8) is 0 Å². The Kier molecular flexibility index (Phi) is 3.29. The number of hydrogen-bond acceptors (Lipinski definition) is 2. The Morgan fingerprint density at radius 2 is 1.67 bits per heavy atom. The highest BCUT2D eigenvalue weighted by Crippen LogP contribution is 2.25. The Morgan fingerprint density at radius 3 is 2.38 bits per heavy atom. The highest BCUT2D eigenvalue weighted by Gasteiger charge is 2.16. The van der Waals surface area contributed by atoms with Crippen LogP contribution in [0.5, 0.6) is 0 Å². The molecule has 0 aliphatic heterocycles. The molecule has 1 aromatic heterocycles. The molecular weight excluding hydrogens is 332 g/mol. The lowest BCUT2D eigenvalue weighted by molar-refractivity contribution is 0.103. The number of fused-ring (bicyclic) bond motifs is 1. The number of H-pyrrole nitrogens is 2. The van der Waals surface area contributed by atoms with E-state index >= 15 is 0 Å². The summed E-state index contributed by atoms with van der Waals surface area (Å²) in [6.45, 7) is 3.87. The molecule has 0 aliphatic rings. The summed E-state index contributed by atoms with van der Waals surface area (Å²) >= 11 is 3.41. The van der Waals surface area contributed by atoms with Gasteiger partial charge in [-0.05, 0) is 53.5 Å². The van der Waals surface area contributed by atoms with Gasteiger partial charge in [-0.25, -0.2) is 4.79 Å². The highest BCUT2D eigenvalue weighted by molar-refractivity contribution is 9.10. The molecule has 106 valence electrons. The Labute approximate surface area is 129 Å². The van der Waals surface area contributed by atoms with Gasteiger partial charge in [0.2, 0.25) is 0 Å². The molecule has 21 heavy (non-hydrogen) atoms. The first-order chi connectivity index (χ1) is 9.95. The van der Waals surface area contributed by atoms with Crippen molar-refractivity contribution in [2.75, 3.05) is 0 Å². The summed E-state index contributed by atoms with van der Waals surface area (Å²) in [6.07, 6.45) is 0. The van der Waals surface area contributed by atoms with Crippen molar-refractivity contribution in [3.05, 3.63) is 67.5 Å². The summed E-state index contributed by atoms with van der Waals surface area (Å²) < 4.78 is 0.663. The van der Waals surface area contributed by atoms with E-state index in [1.54, 1.807) is 12.1 Å². The molecule has 0 saturated heterocycles. The minimum Gasteiger partial charge on any atom is -0.306 e. The van der Waals surface area contributed by atoms with Gasteiger partial charge >= 0.3 is 5.69 Å². The summed E-state index contributed by atoms with van der Waals surface area (Å²) in [4.78, 5) is 29.4. The van der Waals surface area contributed by atoms with Crippen molar-refractivity contribution in [1.29, 1.82) is 0 Å². The average molecular weight is 345 g/mol. The van der Waals surface area contributed by atoms with E-state index < -0.39 is 0 Å². The number of ketones is 1. The lowest BCUT2D eigenvalue weighted by Crippen LogP contribution is -2.05. The lowest BCUT2D eigenvalue weighted by Gasteiger charge is -2.08. The second kappa shape index (κ2) is 5.00. The van der Waals surface area contributed by atoms with Crippen LogP contribution in [-0.4, -0.2) is 15.8 Å². The number of rotatable bonds is 2. The van der Waals surface area contributed by atoms with Crippen molar-refractivity contribution in [1.82, 2.24) is 9.97 Å². The Hall–Kier alpha value is -2.14. The molecule has 4 nitrogen and oxygen atoms in total. The standard InChI is InChI=1S/C16H13BrN2O2/c1-8-3-4-9(2)10(5-8)15(20)11-6-13-14(7-12(11)17)19-16(21)18-13/h3-7H,1-2H3,(H2,18,19,21). The number of carbonyl (C=O) groups excluding carboxylic acids is 1. The Morgan fingerprint density at radius 1 is 1.00 bits per heavy atom. The van der Waals surface area contributed by atoms with Gasteiger partial charge in [0.05, 0.1) is 11.0 Å². The van der Waals surface area contributed by atoms with Gasteiger partial charge in [0, 0.05) is 15.6 Å². The van der Waals surface area contributed by atoms with Crippen LogP contribution in [0.3, 0.4) is 0 Å². The Balaban J connectivity index is 2.19. The van der Waals surface area contributed by atoms with E-state index in [4.69, 9.17) is 0 Å². The number of imidazole rings is 1. The Bertz CT molecular complexity index is 922. The molecule has 2 N–H and O–H groups in total. The first kappa shape index (κ1) is 13.8. The lowest BCUT2D eigenvalue weighted by atomic mass is 9.97. The van der Waals surface area contributed by atoms with Crippen LogP contribution in [0.1, 0.15) is 27.0 Å². The average Bonchev–Trinajstić information content (AvgIpc) is 2.79. The molecule has 5 heteroatoms. The first-order valence-corrected chi connectivity index (χ1v) is 7.28. The van der Waals surface area contributed by atoms with E-state index in [1.165, 1.54) is 0 Å². The van der Waals surface area contributed by atoms with Gasteiger partial charge in [-0.1, -0.05) is 17.7 Å². The number of halogens is 1. The van der Waals surface area contributed by atoms with Crippen LogP contribution in [0.15, 0.2) is 39.6 Å². The van der Waals surface area contributed by atoms with E-state index in [0.717, 1.165) is 11.1 Å². The number of aromatic nitrogens is 2. The molecular formula is C16H13BrN2O2. The van der Waals surface area contributed by atoms with Crippen molar-refractivity contribution in [2.24, 2.45) is 0 Å². The minimum absolute atomic E-state index is 0.0629. The number of aryl methyl sites for hydroxylation is 2. The van der Waals surface area contributed by atoms with Gasteiger partial charge < -0.3 is 9.97 Å². The predicted octanol–water partition coefficient (Wildman–Crippen LogP) is 3.47. The van der Waals surface area contributed by atoms with E-state index in [2.05, 4.69) is 25.9 Å². The summed E-state index contributed by atoms with van der Waals surface area (Å²) in [5.74, 6) is -0.0629. The fourth-order valence-electron chi connectivity index (χ4n) is 2.36. The predicted molar refractivity (Wildman–Crippen MR) is 86.0 cm³/mol. The zero-order valence-corrected chi connectivity index (χ0v) is 13.2. The molecule has 0 radical (unpaired) electrons. The molecule has 2 aromatic carbocycles. The second-order valence-corrected chi connectivity index (χ2v) is 5.96. The smallest absolute Gasteiger partial charge is 0.306 e. The summed E-state index contributed by atoms with van der Waals surface area (Å²) in [6, 6.07) is 9.24. The molecule has 1 heterocycles. The van der Waals surface area contributed by atoms with Gasteiger partial charge in [0.1, 0.15) is 0 Å². The normalized spacial score (nSPS) is 11.0. The summed E-state index contributed by atoms with van der Waals surface area (Å²) in [5, 5.41) is 0. The monoisotopic (exact) mass is 344 g/mol. The second-order valence-electron chi connectivity index (χ2n) is 5.10. The summed E-state index contributed by atoms with van der Waals surface area (Å²) in [5.41, 5.74) is 4.19. The van der Waals surface area contributed by atoms with Crippen LogP contribution >= 0.6 is 15.9 Å². The van der Waals surface area contributed by atoms with Gasteiger partial charge in [-0.2, -0.15) is 0 Å². The number of aromatic amines is 2. The fourth-order valence-corrected chi connectivity index (χ4v) is 2.88. The zero-order valence-electron chi connectivity index (χ0n) is 11.6. The third-order valence-electron chi connectivity index (χ3n) is 3.49. The van der Waals surface area contributed by atoms with Crippen LogP contribution < -0.4 is 5.69 Å². The van der Waals surface area contributed by atoms with Crippen molar-refractivity contribution in [2.45, 2.75) is 13.8 Å². The minimum atomic E-state index is -0.284. The maximum absolute atomic E-state index is 12.8. The van der Waals surface area contributed by atoms with Gasteiger partial charge in [0.15, 0.2) is 5.78 Å². The zero-order chi connectivity index (χ0) is 15.1. The molecule has 0 unspecified atom stereocenters. The highest BCUT2D eigenvalue weighted by atomic mass is 79.9. The van der Waals surface area contributed by atoms with Crippen LogP contribution in [0.2, 0.25) is 0 Å². The molecule has 0 spiro atoms. The van der Waals surface area contributed by atoms with Crippen LogP contribution in [0, 0.1) is 13.8 Å². The maximum atomic E-state index is 12.8.